The second-order valence-corrected chi connectivity index (χ2v) is 17.5. The molecular weight excluding hydrogens is 768 g/mol. The number of fused-ring (bicyclic) bond motifs is 5. The van der Waals surface area contributed by atoms with Crippen LogP contribution in [0.1, 0.15) is 61.1 Å². The van der Waals surface area contributed by atoms with Gasteiger partial charge in [0.05, 0.1) is 9.52 Å². The van der Waals surface area contributed by atoms with E-state index in [1.54, 1.807) is 0 Å². The summed E-state index contributed by atoms with van der Waals surface area (Å²) in [5.41, 5.74) is 16.6. The van der Waals surface area contributed by atoms with Crippen LogP contribution in [0.2, 0.25) is 0 Å². The predicted molar refractivity (Wildman–Crippen MR) is 242 cm³/mol. The van der Waals surface area contributed by atoms with Crippen molar-refractivity contribution in [1.82, 2.24) is 0 Å². The van der Waals surface area contributed by atoms with Crippen LogP contribution in [-0.2, 0) is 39.0 Å². The molecule has 0 unspecified atom stereocenters. The van der Waals surface area contributed by atoms with Crippen LogP contribution in [0.15, 0.2) is 140 Å². The molecule has 0 fully saturated rings. The molecule has 9 rings (SSSR count). The van der Waals surface area contributed by atoms with Crippen molar-refractivity contribution in [1.29, 1.82) is 0 Å². The summed E-state index contributed by atoms with van der Waals surface area (Å²) in [6.07, 6.45) is 2.31. The van der Waals surface area contributed by atoms with Crippen molar-refractivity contribution in [2.45, 2.75) is 68.2 Å². The molecule has 0 saturated heterocycles. The third-order valence-electron chi connectivity index (χ3n) is 11.0. The Morgan fingerprint density at radius 1 is 0.500 bits per heavy atom. The average Bonchev–Trinajstić information content (AvgIpc) is 3.88. The van der Waals surface area contributed by atoms with Gasteiger partial charge in [0.15, 0.2) is 0 Å². The maximum atomic E-state index is 3.31. The summed E-state index contributed by atoms with van der Waals surface area (Å²) in [5, 5.41) is 8.33. The fourth-order valence-electron chi connectivity index (χ4n) is 8.05. The molecule has 0 bridgehead atoms. The van der Waals surface area contributed by atoms with E-state index in [4.69, 9.17) is 0 Å². The first-order valence-corrected chi connectivity index (χ1v) is 20.9. The molecule has 0 atom stereocenters. The SMILES string of the molecule is Cc1cccc(-c2cccc3[cH-]c(CC(C)C)cc23)c1C.Cc1cccc(-c2cccc3[cH-]c(CC(C)C)cc23)c1C.[Zr+3].[c-]1cccc2c1[Si]c1ccccc1-2. The van der Waals surface area contributed by atoms with Gasteiger partial charge in [-0.2, -0.15) is 41.6 Å². The van der Waals surface area contributed by atoms with E-state index in [1.807, 2.05) is 6.07 Å². The third kappa shape index (κ3) is 9.09. The second-order valence-electron chi connectivity index (χ2n) is 16.2. The van der Waals surface area contributed by atoms with Gasteiger partial charge in [-0.1, -0.05) is 122 Å². The van der Waals surface area contributed by atoms with Gasteiger partial charge in [0.25, 0.3) is 0 Å². The van der Waals surface area contributed by atoms with E-state index in [0.717, 1.165) is 22.4 Å². The van der Waals surface area contributed by atoms with Crippen LogP contribution in [-0.4, -0.2) is 9.52 Å². The Hall–Kier alpha value is -4.36. The Labute approximate surface area is 357 Å². The van der Waals surface area contributed by atoms with E-state index in [9.17, 15) is 0 Å². The van der Waals surface area contributed by atoms with Crippen LogP contribution in [0, 0.1) is 45.6 Å². The normalized spacial score (nSPS) is 11.5. The molecule has 0 saturated carbocycles. The molecule has 8 aromatic carbocycles. The summed E-state index contributed by atoms with van der Waals surface area (Å²) in [6, 6.07) is 54.1. The maximum Gasteiger partial charge on any atom is 3.00 e. The number of hydrogen-bond donors (Lipinski definition) is 0. The van der Waals surface area contributed by atoms with Crippen LogP contribution in [0.4, 0.5) is 0 Å². The Balaban J connectivity index is 0.000000145. The van der Waals surface area contributed by atoms with Gasteiger partial charge in [0.1, 0.15) is 0 Å². The Kier molecular flexibility index (Phi) is 13.5. The minimum atomic E-state index is 0. The van der Waals surface area contributed by atoms with Crippen LogP contribution in [0.5, 0.6) is 0 Å². The van der Waals surface area contributed by atoms with Gasteiger partial charge in [0.2, 0.25) is 0 Å². The molecule has 277 valence electrons. The van der Waals surface area contributed by atoms with Crippen molar-refractivity contribution in [2.75, 3.05) is 0 Å². The summed E-state index contributed by atoms with van der Waals surface area (Å²) in [6.45, 7) is 17.9. The van der Waals surface area contributed by atoms with E-state index in [2.05, 4.69) is 195 Å². The topological polar surface area (TPSA) is 0 Å². The van der Waals surface area contributed by atoms with Gasteiger partial charge in [0, 0.05) is 0 Å². The summed E-state index contributed by atoms with van der Waals surface area (Å²) < 4.78 is 0. The van der Waals surface area contributed by atoms with E-state index < -0.39 is 0 Å². The molecule has 1 aliphatic heterocycles. The second kappa shape index (κ2) is 18.3. The minimum absolute atomic E-state index is 0. The molecule has 8 aromatic rings. The summed E-state index contributed by atoms with van der Waals surface area (Å²) in [7, 11) is 0.795. The molecule has 0 N–H and O–H groups in total. The van der Waals surface area contributed by atoms with E-state index in [1.165, 1.54) is 98.7 Å². The predicted octanol–water partition coefficient (Wildman–Crippen LogP) is 13.2. The standard InChI is InChI=1S/2C21H23.C12H7Si.Zr/c2*1-14(2)11-17-12-18-8-6-10-20(21(18)13-17)19-9-5-7-15(3)16(19)4;1-3-7-11-9(5-1)10-6-2-4-8-12(10)13-11;/h2*5-10,12-14H,11H2,1-4H3;1-7H;/q3*-1;+3. The quantitative estimate of drug-likeness (QED) is 0.116. The smallest absolute Gasteiger partial charge is 0.184 e. The van der Waals surface area contributed by atoms with Crippen molar-refractivity contribution >= 4 is 41.4 Å². The monoisotopic (exact) mass is 819 g/mol. The van der Waals surface area contributed by atoms with E-state index in [0.29, 0.717) is 11.8 Å². The molecule has 0 aromatic heterocycles. The van der Waals surface area contributed by atoms with E-state index in [-0.39, 0.29) is 26.2 Å². The maximum absolute atomic E-state index is 3.31. The van der Waals surface area contributed by atoms with Gasteiger partial charge in [-0.3, -0.25) is 0 Å². The fraction of sp³-hybridized carbons (Fsp3) is 0.222. The van der Waals surface area contributed by atoms with Crippen LogP contribution >= 0.6 is 0 Å². The molecular formula is C54H53SiZr. The molecule has 0 spiro atoms. The summed E-state index contributed by atoms with van der Waals surface area (Å²) in [5.74, 6) is 1.40. The average molecular weight is 821 g/mol. The van der Waals surface area contributed by atoms with Gasteiger partial charge in [-0.15, -0.1) is 74.6 Å². The van der Waals surface area contributed by atoms with Crippen molar-refractivity contribution in [3.05, 3.63) is 179 Å². The molecule has 0 amide bonds. The minimum Gasteiger partial charge on any atom is -0.184 e. The zero-order valence-electron chi connectivity index (χ0n) is 34.3. The third-order valence-corrected chi connectivity index (χ3v) is 12.4. The van der Waals surface area contributed by atoms with Gasteiger partial charge in [-0.25, -0.2) is 0 Å². The molecule has 56 heavy (non-hydrogen) atoms. The molecule has 3 radical (unpaired) electrons. The van der Waals surface area contributed by atoms with Gasteiger partial charge < -0.3 is 0 Å². The fourth-order valence-corrected chi connectivity index (χ4v) is 9.36. The van der Waals surface area contributed by atoms with Crippen molar-refractivity contribution < 1.29 is 26.2 Å². The number of aryl methyl sites for hydroxylation is 2. The Morgan fingerprint density at radius 2 is 0.946 bits per heavy atom. The summed E-state index contributed by atoms with van der Waals surface area (Å²) >= 11 is 0. The van der Waals surface area contributed by atoms with Crippen LogP contribution < -0.4 is 10.4 Å². The molecule has 2 heteroatoms. The molecule has 1 heterocycles. The molecule has 1 aliphatic rings. The van der Waals surface area contributed by atoms with Crippen LogP contribution in [0.25, 0.3) is 54.9 Å². The first-order chi connectivity index (χ1) is 26.6. The van der Waals surface area contributed by atoms with Crippen LogP contribution in [0.3, 0.4) is 0 Å². The number of benzene rings is 6. The van der Waals surface area contributed by atoms with Crippen molar-refractivity contribution in [2.24, 2.45) is 11.8 Å². The van der Waals surface area contributed by atoms with Gasteiger partial charge >= 0.3 is 26.2 Å². The number of rotatable bonds is 6. The zero-order chi connectivity index (χ0) is 38.6. The first-order valence-electron chi connectivity index (χ1n) is 19.9. The molecule has 0 aliphatic carbocycles. The Bertz CT molecular complexity index is 2400. The zero-order valence-corrected chi connectivity index (χ0v) is 37.8. The van der Waals surface area contributed by atoms with E-state index >= 15 is 0 Å². The first kappa shape index (κ1) is 41.3. The number of hydrogen-bond acceptors (Lipinski definition) is 0. The largest absolute Gasteiger partial charge is 3.00 e. The summed E-state index contributed by atoms with van der Waals surface area (Å²) in [4.78, 5) is 0. The van der Waals surface area contributed by atoms with Crippen molar-refractivity contribution in [3.8, 4) is 33.4 Å². The van der Waals surface area contributed by atoms with Crippen molar-refractivity contribution in [3.63, 3.8) is 0 Å². The molecule has 0 nitrogen and oxygen atoms in total. The Morgan fingerprint density at radius 3 is 1.46 bits per heavy atom. The van der Waals surface area contributed by atoms with Gasteiger partial charge in [-0.05, 0) is 85.8 Å².